The topological polar surface area (TPSA) is 105 Å². The van der Waals surface area contributed by atoms with Crippen molar-refractivity contribution >= 4 is 24.2 Å². The largest absolute Gasteiger partial charge is 0.463 e. The number of aryl methyl sites for hydroxylation is 6. The summed E-state index contributed by atoms with van der Waals surface area (Å²) in [5.41, 5.74) is 3.06. The molecule has 0 saturated heterocycles. The average Bonchev–Trinajstić information content (AvgIpc) is 2.81. The molecule has 0 fully saturated rings. The summed E-state index contributed by atoms with van der Waals surface area (Å²) < 4.78 is 35.2. The minimum atomic E-state index is -4.44. The third-order valence-corrected chi connectivity index (χ3v) is 8.55. The van der Waals surface area contributed by atoms with Crippen LogP contribution in [0.25, 0.3) is 0 Å². The van der Waals surface area contributed by atoms with E-state index in [9.17, 15) is 18.9 Å². The Hall–Kier alpha value is -2.64. The normalized spacial score (nSPS) is 11.4. The summed E-state index contributed by atoms with van der Waals surface area (Å²) in [6.07, 6.45) is -0.815. The maximum Gasteiger partial charge on any atom is 0.314 e. The molecule has 0 saturated carbocycles. The highest BCUT2D eigenvalue weighted by molar-refractivity contribution is 7.96. The number of esters is 1. The minimum Gasteiger partial charge on any atom is -0.463 e. The first-order chi connectivity index (χ1) is 17.9. The van der Waals surface area contributed by atoms with Crippen LogP contribution in [0.1, 0.15) is 54.1 Å². The van der Waals surface area contributed by atoms with Crippen molar-refractivity contribution < 1.29 is 37.9 Å². The van der Waals surface area contributed by atoms with E-state index in [4.69, 9.17) is 18.9 Å². The highest BCUT2D eigenvalue weighted by atomic mass is 31.2. The summed E-state index contributed by atoms with van der Waals surface area (Å²) >= 11 is 0. The first-order valence-electron chi connectivity index (χ1n) is 12.6. The second kappa shape index (κ2) is 14.5. The molecule has 0 spiro atoms. The smallest absolute Gasteiger partial charge is 0.314 e. The number of rotatable bonds is 15. The number of hydrogen-bond donors (Lipinski definition) is 0. The van der Waals surface area contributed by atoms with E-state index in [2.05, 4.69) is 0 Å². The fraction of sp³-hybridized carbons (Fsp3) is 0.483. The van der Waals surface area contributed by atoms with Gasteiger partial charge in [-0.3, -0.25) is 14.4 Å². The molecule has 8 nitrogen and oxygen atoms in total. The molecule has 0 atom stereocenters. The number of carbonyl (C=O) groups is 3. The zero-order valence-electron chi connectivity index (χ0n) is 23.5. The van der Waals surface area contributed by atoms with Gasteiger partial charge in [-0.05, 0) is 63.8 Å². The molecule has 0 radical (unpaired) electrons. The van der Waals surface area contributed by atoms with Gasteiger partial charge < -0.3 is 23.5 Å². The molecule has 0 N–H and O–H groups in total. The average molecular weight is 547 g/mol. The van der Waals surface area contributed by atoms with Crippen molar-refractivity contribution in [1.82, 2.24) is 0 Å². The van der Waals surface area contributed by atoms with E-state index in [1.54, 1.807) is 59.1 Å². The summed E-state index contributed by atoms with van der Waals surface area (Å²) in [5.74, 6) is -0.889. The predicted molar refractivity (Wildman–Crippen MR) is 147 cm³/mol. The van der Waals surface area contributed by atoms with E-state index in [0.717, 1.165) is 11.1 Å². The summed E-state index contributed by atoms with van der Waals surface area (Å²) in [6, 6.07) is 7.19. The van der Waals surface area contributed by atoms with Crippen LogP contribution in [-0.2, 0) is 28.3 Å². The molecule has 0 aliphatic heterocycles. The maximum absolute atomic E-state index is 14.4. The zero-order chi connectivity index (χ0) is 28.5. The van der Waals surface area contributed by atoms with Gasteiger partial charge in [-0.15, -0.1) is 0 Å². The summed E-state index contributed by atoms with van der Waals surface area (Å²) in [7, 11) is -2.86. The van der Waals surface area contributed by atoms with Gasteiger partial charge in [0.05, 0.1) is 33.0 Å². The molecule has 38 heavy (non-hydrogen) atoms. The van der Waals surface area contributed by atoms with Crippen LogP contribution >= 0.6 is 7.14 Å². The Balaban J connectivity index is 2.26. The molecule has 0 amide bonds. The van der Waals surface area contributed by atoms with Crippen molar-refractivity contribution in [3.8, 4) is 0 Å². The molecule has 9 heteroatoms. The van der Waals surface area contributed by atoms with E-state index < -0.39 is 30.3 Å². The summed E-state index contributed by atoms with van der Waals surface area (Å²) in [4.78, 5) is 40.5. The Morgan fingerprint density at radius 3 is 1.39 bits per heavy atom. The van der Waals surface area contributed by atoms with Crippen molar-refractivity contribution in [2.75, 3.05) is 52.9 Å². The summed E-state index contributed by atoms with van der Waals surface area (Å²) in [6.45, 7) is 12.3. The van der Waals surface area contributed by atoms with Crippen molar-refractivity contribution in [2.45, 2.75) is 41.5 Å². The quantitative estimate of drug-likeness (QED) is 0.173. The van der Waals surface area contributed by atoms with Gasteiger partial charge in [0.1, 0.15) is 12.8 Å². The number of hydrogen-bond acceptors (Lipinski definition) is 8. The second-order valence-corrected chi connectivity index (χ2v) is 12.1. The highest BCUT2D eigenvalue weighted by Gasteiger charge is 2.45. The minimum absolute atomic E-state index is 0.0952. The monoisotopic (exact) mass is 546 g/mol. The molecular formula is C29H39O8P. The van der Waals surface area contributed by atoms with Gasteiger partial charge in [-0.2, -0.15) is 0 Å². The van der Waals surface area contributed by atoms with E-state index in [-0.39, 0.29) is 24.3 Å². The first-order valence-corrected chi connectivity index (χ1v) is 14.5. The number of ether oxygens (including phenoxy) is 4. The lowest BCUT2D eigenvalue weighted by Crippen LogP contribution is -2.23. The maximum atomic E-state index is 14.4. The molecular weight excluding hydrogens is 507 g/mol. The Kier molecular flexibility index (Phi) is 12.0. The lowest BCUT2D eigenvalue weighted by molar-refractivity contribution is -0.142. The Labute approximate surface area is 225 Å². The molecule has 2 rings (SSSR count). The number of benzene rings is 2. The van der Waals surface area contributed by atoms with Crippen molar-refractivity contribution in [2.24, 2.45) is 0 Å². The predicted octanol–water partition coefficient (Wildman–Crippen LogP) is 5.10. The van der Waals surface area contributed by atoms with Crippen LogP contribution in [0.5, 0.6) is 0 Å². The Morgan fingerprint density at radius 1 is 0.632 bits per heavy atom. The van der Waals surface area contributed by atoms with Gasteiger partial charge in [0.15, 0.2) is 0 Å². The van der Waals surface area contributed by atoms with Crippen LogP contribution in [0.2, 0.25) is 0 Å². The molecule has 0 heterocycles. The molecule has 0 aromatic heterocycles. The Bertz CT molecular complexity index is 1100. The molecule has 2 aromatic rings. The van der Waals surface area contributed by atoms with Crippen molar-refractivity contribution in [3.05, 3.63) is 68.8 Å². The SMILES string of the molecule is COCCOCCOCCOC(=O)CP(=O)(C(=O)c1c(C)cc(C)cc1C)C(=O)c1c(C)cc(C)cc1C. The zero-order valence-corrected chi connectivity index (χ0v) is 24.4. The van der Waals surface area contributed by atoms with Crippen molar-refractivity contribution in [1.29, 1.82) is 0 Å². The van der Waals surface area contributed by atoms with Gasteiger partial charge in [-0.1, -0.05) is 35.4 Å². The number of methoxy groups -OCH3 is 1. The highest BCUT2D eigenvalue weighted by Crippen LogP contribution is 2.53. The van der Waals surface area contributed by atoms with Crippen LogP contribution in [0.15, 0.2) is 24.3 Å². The summed E-state index contributed by atoms with van der Waals surface area (Å²) in [5, 5.41) is 0. The molecule has 0 unspecified atom stereocenters. The van der Waals surface area contributed by atoms with Crippen molar-refractivity contribution in [3.63, 3.8) is 0 Å². The van der Waals surface area contributed by atoms with Crippen LogP contribution in [-0.4, -0.2) is 69.9 Å². The Morgan fingerprint density at radius 2 is 1.00 bits per heavy atom. The standard InChI is InChI=1S/C29H39O8P/c1-19-14-21(3)26(22(4)15-19)28(31)38(33,29(32)27-23(5)16-20(2)17-24(27)6)18-25(30)37-13-12-36-11-10-35-9-8-34-7/h14-17H,8-13,18H2,1-7H3. The fourth-order valence-electron chi connectivity index (χ4n) is 4.54. The van der Waals surface area contributed by atoms with Gasteiger partial charge >= 0.3 is 5.97 Å². The van der Waals surface area contributed by atoms with Crippen LogP contribution in [0.3, 0.4) is 0 Å². The van der Waals surface area contributed by atoms with E-state index in [1.807, 2.05) is 13.8 Å². The molecule has 0 aliphatic rings. The lowest BCUT2D eigenvalue weighted by atomic mass is 10.0. The fourth-order valence-corrected chi connectivity index (χ4v) is 6.89. The van der Waals surface area contributed by atoms with E-state index >= 15 is 0 Å². The number of carbonyl (C=O) groups excluding carboxylic acids is 3. The van der Waals surface area contributed by atoms with E-state index in [0.29, 0.717) is 48.7 Å². The third kappa shape index (κ3) is 8.18. The second-order valence-electron chi connectivity index (χ2n) is 9.49. The van der Waals surface area contributed by atoms with Gasteiger partial charge in [0.2, 0.25) is 18.2 Å². The van der Waals surface area contributed by atoms with Gasteiger partial charge in [-0.25, -0.2) is 0 Å². The molecule has 208 valence electrons. The van der Waals surface area contributed by atoms with Crippen LogP contribution < -0.4 is 0 Å². The first kappa shape index (κ1) is 31.6. The third-order valence-electron chi connectivity index (χ3n) is 6.08. The van der Waals surface area contributed by atoms with Gasteiger partial charge in [0.25, 0.3) is 0 Å². The molecule has 0 aliphatic carbocycles. The molecule has 2 aromatic carbocycles. The van der Waals surface area contributed by atoms with Crippen LogP contribution in [0.4, 0.5) is 0 Å². The molecule has 0 bridgehead atoms. The van der Waals surface area contributed by atoms with Gasteiger partial charge in [0, 0.05) is 18.2 Å². The van der Waals surface area contributed by atoms with Crippen LogP contribution in [0, 0.1) is 41.5 Å². The van der Waals surface area contributed by atoms with E-state index in [1.165, 1.54) is 0 Å². The lowest BCUT2D eigenvalue weighted by Gasteiger charge is -2.20.